The fourth-order valence-electron chi connectivity index (χ4n) is 2.73. The summed E-state index contributed by atoms with van der Waals surface area (Å²) in [6.45, 7) is 3.65. The molecule has 0 amide bonds. The number of nitrogens with zero attached hydrogens (tertiary/aromatic N) is 2. The summed E-state index contributed by atoms with van der Waals surface area (Å²) in [6, 6.07) is 3.28. The van der Waals surface area contributed by atoms with E-state index >= 15 is 0 Å². The van der Waals surface area contributed by atoms with Crippen molar-refractivity contribution in [2.24, 2.45) is 5.92 Å². The molecular weight excluding hydrogens is 305 g/mol. The van der Waals surface area contributed by atoms with E-state index in [1.54, 1.807) is 18.5 Å². The lowest BCUT2D eigenvalue weighted by molar-refractivity contribution is 0.136. The Balaban J connectivity index is 1.91. The predicted molar refractivity (Wildman–Crippen MR) is 82.5 cm³/mol. The average molecular weight is 322 g/mol. The maximum Gasteiger partial charge on any atom is 0.216 e. The Morgan fingerprint density at radius 3 is 2.91 bits per heavy atom. The number of pyridine rings is 2. The van der Waals surface area contributed by atoms with E-state index < -0.39 is 0 Å². The number of nitrogens with one attached hydrogen (secondary N) is 1. The first-order chi connectivity index (χ1) is 10.6. The van der Waals surface area contributed by atoms with Crippen LogP contribution in [0.4, 0.5) is 4.39 Å². The molecule has 1 saturated heterocycles. The molecule has 4 nitrogen and oxygen atoms in total. The van der Waals surface area contributed by atoms with Gasteiger partial charge in [-0.15, -0.1) is 0 Å². The van der Waals surface area contributed by atoms with Crippen LogP contribution in [0.25, 0.3) is 0 Å². The van der Waals surface area contributed by atoms with E-state index in [0.29, 0.717) is 10.9 Å². The van der Waals surface area contributed by atoms with Gasteiger partial charge >= 0.3 is 0 Å². The topological polar surface area (TPSA) is 47.0 Å². The van der Waals surface area contributed by atoms with Crippen LogP contribution in [0.3, 0.4) is 0 Å². The summed E-state index contributed by atoms with van der Waals surface area (Å²) in [5, 5.41) is 3.88. The molecule has 2 atom stereocenters. The summed E-state index contributed by atoms with van der Waals surface area (Å²) in [5.74, 6) is 0.406. The second kappa shape index (κ2) is 6.58. The van der Waals surface area contributed by atoms with Crippen molar-refractivity contribution in [3.8, 4) is 5.88 Å². The Morgan fingerprint density at radius 1 is 1.36 bits per heavy atom. The fourth-order valence-corrected chi connectivity index (χ4v) is 2.94. The molecule has 22 heavy (non-hydrogen) atoms. The second-order valence-corrected chi connectivity index (χ2v) is 5.94. The van der Waals surface area contributed by atoms with Gasteiger partial charge in [0, 0.05) is 36.0 Å². The van der Waals surface area contributed by atoms with Gasteiger partial charge in [-0.1, -0.05) is 11.6 Å². The first kappa shape index (κ1) is 15.2. The van der Waals surface area contributed by atoms with Gasteiger partial charge in [-0.05, 0) is 32.0 Å². The third kappa shape index (κ3) is 3.36. The maximum absolute atomic E-state index is 13.5. The van der Waals surface area contributed by atoms with Crippen LogP contribution in [0.1, 0.15) is 23.7 Å². The lowest BCUT2D eigenvalue weighted by atomic mass is 9.96. The van der Waals surface area contributed by atoms with E-state index in [-0.39, 0.29) is 17.8 Å². The number of rotatable bonds is 4. The molecule has 0 saturated carbocycles. The fraction of sp³-hybridized carbons (Fsp3) is 0.375. The van der Waals surface area contributed by atoms with Crippen molar-refractivity contribution in [1.82, 2.24) is 15.3 Å². The normalized spacial score (nSPS) is 19.1. The molecule has 0 aliphatic carbocycles. The van der Waals surface area contributed by atoms with Crippen molar-refractivity contribution in [3.05, 3.63) is 52.7 Å². The third-order valence-corrected chi connectivity index (χ3v) is 4.02. The molecule has 0 radical (unpaired) electrons. The molecule has 6 heteroatoms. The largest absolute Gasteiger partial charge is 0.469 e. The van der Waals surface area contributed by atoms with Gasteiger partial charge in [0.05, 0.1) is 11.2 Å². The summed E-state index contributed by atoms with van der Waals surface area (Å²) in [5.41, 5.74) is 1.58. The quantitative estimate of drug-likeness (QED) is 0.938. The van der Waals surface area contributed by atoms with E-state index in [4.69, 9.17) is 16.3 Å². The highest BCUT2D eigenvalue weighted by molar-refractivity contribution is 6.30. The van der Waals surface area contributed by atoms with Gasteiger partial charge in [0.25, 0.3) is 0 Å². The van der Waals surface area contributed by atoms with Crippen LogP contribution in [0, 0.1) is 18.7 Å². The second-order valence-electron chi connectivity index (χ2n) is 5.50. The molecule has 1 aliphatic heterocycles. The lowest BCUT2D eigenvalue weighted by Crippen LogP contribution is -2.22. The Morgan fingerprint density at radius 2 is 2.23 bits per heavy atom. The maximum atomic E-state index is 13.5. The van der Waals surface area contributed by atoms with Crippen LogP contribution in [0.15, 0.2) is 30.7 Å². The highest BCUT2D eigenvalue weighted by atomic mass is 35.5. The van der Waals surface area contributed by atoms with Crippen LogP contribution >= 0.6 is 11.6 Å². The first-order valence-corrected chi connectivity index (χ1v) is 7.61. The SMILES string of the molecule is Cc1cc(Cl)cnc1OC(c1cncc(F)c1)[C@H]1CCNC1. The zero-order valence-electron chi connectivity index (χ0n) is 12.2. The minimum Gasteiger partial charge on any atom is -0.469 e. The summed E-state index contributed by atoms with van der Waals surface area (Å²) < 4.78 is 19.6. The molecular formula is C16H17ClFN3O. The molecule has 1 N–H and O–H groups in total. The summed E-state index contributed by atoms with van der Waals surface area (Å²) in [4.78, 5) is 8.19. The zero-order valence-corrected chi connectivity index (χ0v) is 13.0. The Hall–Kier alpha value is -1.72. The number of aryl methyl sites for hydroxylation is 1. The van der Waals surface area contributed by atoms with Crippen LogP contribution in [0.5, 0.6) is 5.88 Å². The predicted octanol–water partition coefficient (Wildman–Crippen LogP) is 3.31. The van der Waals surface area contributed by atoms with E-state index in [1.165, 1.54) is 12.3 Å². The van der Waals surface area contributed by atoms with Crippen molar-refractivity contribution < 1.29 is 9.13 Å². The smallest absolute Gasteiger partial charge is 0.216 e. The molecule has 116 valence electrons. The Kier molecular flexibility index (Phi) is 4.55. The van der Waals surface area contributed by atoms with Gasteiger partial charge in [-0.3, -0.25) is 4.98 Å². The molecule has 3 heterocycles. The minimum absolute atomic E-state index is 0.250. The molecule has 0 bridgehead atoms. The van der Waals surface area contributed by atoms with Gasteiger partial charge in [-0.25, -0.2) is 9.37 Å². The van der Waals surface area contributed by atoms with Gasteiger partial charge in [0.1, 0.15) is 11.9 Å². The molecule has 2 aromatic rings. The lowest BCUT2D eigenvalue weighted by Gasteiger charge is -2.24. The molecule has 3 rings (SSSR count). The highest BCUT2D eigenvalue weighted by Crippen LogP contribution is 2.32. The number of halogens is 2. The first-order valence-electron chi connectivity index (χ1n) is 7.23. The average Bonchev–Trinajstić information content (AvgIpc) is 3.00. The third-order valence-electron chi connectivity index (χ3n) is 3.82. The van der Waals surface area contributed by atoms with Crippen LogP contribution in [0.2, 0.25) is 5.02 Å². The zero-order chi connectivity index (χ0) is 15.5. The van der Waals surface area contributed by atoms with Gasteiger partial charge in [0.2, 0.25) is 5.88 Å². The number of aromatic nitrogens is 2. The van der Waals surface area contributed by atoms with E-state index in [9.17, 15) is 4.39 Å². The standard InChI is InChI=1S/C16H17ClFN3O/c1-10-4-13(17)8-21-16(10)22-15(11-2-3-19-6-11)12-5-14(18)9-20-7-12/h4-5,7-9,11,15,19H,2-3,6H2,1H3/t11-,15?/m0/s1. The molecule has 1 unspecified atom stereocenters. The number of hydrogen-bond acceptors (Lipinski definition) is 4. The number of ether oxygens (including phenoxy) is 1. The van der Waals surface area contributed by atoms with Crippen molar-refractivity contribution in [3.63, 3.8) is 0 Å². The summed E-state index contributed by atoms with van der Waals surface area (Å²) in [6.07, 6.45) is 5.08. The summed E-state index contributed by atoms with van der Waals surface area (Å²) >= 11 is 5.93. The van der Waals surface area contributed by atoms with Crippen molar-refractivity contribution in [1.29, 1.82) is 0 Å². The van der Waals surface area contributed by atoms with Crippen LogP contribution in [-0.2, 0) is 0 Å². The molecule has 0 aromatic carbocycles. The van der Waals surface area contributed by atoms with Crippen LogP contribution < -0.4 is 10.1 Å². The molecule has 1 fully saturated rings. The van der Waals surface area contributed by atoms with Crippen LogP contribution in [-0.4, -0.2) is 23.1 Å². The van der Waals surface area contributed by atoms with Gasteiger partial charge in [0.15, 0.2) is 0 Å². The molecule has 2 aromatic heterocycles. The van der Waals surface area contributed by atoms with Crippen molar-refractivity contribution in [2.75, 3.05) is 13.1 Å². The monoisotopic (exact) mass is 321 g/mol. The van der Waals surface area contributed by atoms with E-state index in [1.807, 2.05) is 6.92 Å². The van der Waals surface area contributed by atoms with Gasteiger partial charge in [-0.2, -0.15) is 0 Å². The Labute approximate surface area is 133 Å². The molecule has 0 spiro atoms. The van der Waals surface area contributed by atoms with Gasteiger partial charge < -0.3 is 10.1 Å². The minimum atomic E-state index is -0.363. The highest BCUT2D eigenvalue weighted by Gasteiger charge is 2.29. The van der Waals surface area contributed by atoms with Crippen molar-refractivity contribution >= 4 is 11.6 Å². The Bertz CT molecular complexity index is 662. The van der Waals surface area contributed by atoms with E-state index in [0.717, 1.165) is 30.6 Å². The van der Waals surface area contributed by atoms with E-state index in [2.05, 4.69) is 15.3 Å². The summed E-state index contributed by atoms with van der Waals surface area (Å²) in [7, 11) is 0. The van der Waals surface area contributed by atoms with Crippen molar-refractivity contribution in [2.45, 2.75) is 19.4 Å². The number of hydrogen-bond donors (Lipinski definition) is 1. The molecule has 1 aliphatic rings.